The van der Waals surface area contributed by atoms with Gasteiger partial charge in [-0.2, -0.15) is 0 Å². The molecule has 0 fully saturated rings. The van der Waals surface area contributed by atoms with Gasteiger partial charge in [-0.25, -0.2) is 0 Å². The fraction of sp³-hybridized carbons (Fsp3) is 0.500. The molecule has 0 aliphatic carbocycles. The van der Waals surface area contributed by atoms with Crippen LogP contribution in [-0.4, -0.2) is 6.04 Å². The van der Waals surface area contributed by atoms with Crippen LogP contribution in [0.5, 0.6) is 0 Å². The molecule has 0 aliphatic heterocycles. The molecule has 0 aliphatic rings. The Balaban J connectivity index is 2.62. The third kappa shape index (κ3) is 1.82. The summed E-state index contributed by atoms with van der Waals surface area (Å²) >= 11 is 0. The van der Waals surface area contributed by atoms with E-state index in [1.54, 1.807) is 6.26 Å². The normalized spacial score (nSPS) is 16.3. The van der Waals surface area contributed by atoms with Crippen molar-refractivity contribution in [1.29, 1.82) is 0 Å². The highest BCUT2D eigenvalue weighted by atomic mass is 16.3. The number of nitrogens with two attached hydrogens (primary N) is 2. The molecule has 0 aromatic carbocycles. The Morgan fingerprint density at radius 1 is 1.55 bits per heavy atom. The smallest absolute Gasteiger partial charge is 0.122 e. The Morgan fingerprint density at radius 2 is 2.27 bits per heavy atom. The summed E-state index contributed by atoms with van der Waals surface area (Å²) in [6.45, 7) is 2.01. The van der Waals surface area contributed by atoms with Gasteiger partial charge >= 0.3 is 0 Å². The molecular formula is C8H14N2O. The first-order valence-corrected chi connectivity index (χ1v) is 3.80. The average Bonchev–Trinajstić information content (AvgIpc) is 2.53. The van der Waals surface area contributed by atoms with E-state index >= 15 is 0 Å². The molecule has 0 saturated heterocycles. The van der Waals surface area contributed by atoms with Crippen molar-refractivity contribution in [2.24, 2.45) is 11.5 Å². The molecule has 3 nitrogen and oxygen atoms in total. The van der Waals surface area contributed by atoms with Crippen molar-refractivity contribution < 1.29 is 4.42 Å². The molecule has 0 saturated carbocycles. The van der Waals surface area contributed by atoms with E-state index in [0.29, 0.717) is 0 Å². The van der Waals surface area contributed by atoms with Crippen molar-refractivity contribution in [3.63, 3.8) is 0 Å². The zero-order valence-electron chi connectivity index (χ0n) is 6.66. The molecule has 0 amide bonds. The van der Waals surface area contributed by atoms with Crippen LogP contribution in [0, 0.1) is 0 Å². The van der Waals surface area contributed by atoms with Crippen molar-refractivity contribution in [1.82, 2.24) is 0 Å². The number of hydrogen-bond donors (Lipinski definition) is 2. The zero-order chi connectivity index (χ0) is 8.27. The lowest BCUT2D eigenvalue weighted by Crippen LogP contribution is -2.32. The Kier molecular flexibility index (Phi) is 2.68. The molecule has 1 heterocycles. The van der Waals surface area contributed by atoms with E-state index in [1.807, 2.05) is 19.1 Å². The highest BCUT2D eigenvalue weighted by Crippen LogP contribution is 2.14. The molecule has 11 heavy (non-hydrogen) atoms. The van der Waals surface area contributed by atoms with Crippen LogP contribution in [-0.2, 0) is 0 Å². The number of furan rings is 1. The second-order valence-electron chi connectivity index (χ2n) is 2.61. The van der Waals surface area contributed by atoms with E-state index in [0.717, 1.165) is 12.2 Å². The molecule has 62 valence electrons. The lowest BCUT2D eigenvalue weighted by molar-refractivity contribution is 0.417. The first-order chi connectivity index (χ1) is 5.25. The largest absolute Gasteiger partial charge is 0.468 e. The SMILES string of the molecule is CC[C@H](N)[C@@H](N)c1ccco1. The van der Waals surface area contributed by atoms with E-state index in [-0.39, 0.29) is 12.1 Å². The Morgan fingerprint density at radius 3 is 2.73 bits per heavy atom. The van der Waals surface area contributed by atoms with Crippen molar-refractivity contribution >= 4 is 0 Å². The average molecular weight is 154 g/mol. The fourth-order valence-electron chi connectivity index (χ4n) is 0.946. The maximum atomic E-state index is 5.77. The van der Waals surface area contributed by atoms with Crippen LogP contribution in [0.2, 0.25) is 0 Å². The molecule has 4 N–H and O–H groups in total. The maximum absolute atomic E-state index is 5.77. The van der Waals surface area contributed by atoms with Gasteiger partial charge in [0.2, 0.25) is 0 Å². The minimum absolute atomic E-state index is 0.0128. The van der Waals surface area contributed by atoms with Gasteiger partial charge in [0.15, 0.2) is 0 Å². The lowest BCUT2D eigenvalue weighted by atomic mass is 10.1. The summed E-state index contributed by atoms with van der Waals surface area (Å²) in [5, 5.41) is 0. The molecule has 1 rings (SSSR count). The molecule has 0 spiro atoms. The molecule has 0 bridgehead atoms. The van der Waals surface area contributed by atoms with Gasteiger partial charge in [-0.3, -0.25) is 0 Å². The van der Waals surface area contributed by atoms with E-state index < -0.39 is 0 Å². The van der Waals surface area contributed by atoms with Crippen LogP contribution in [0.3, 0.4) is 0 Å². The summed E-state index contributed by atoms with van der Waals surface area (Å²) in [4.78, 5) is 0. The topological polar surface area (TPSA) is 65.2 Å². The van der Waals surface area contributed by atoms with Crippen LogP contribution in [0.4, 0.5) is 0 Å². The van der Waals surface area contributed by atoms with Gasteiger partial charge in [0, 0.05) is 6.04 Å². The second kappa shape index (κ2) is 3.55. The summed E-state index contributed by atoms with van der Waals surface area (Å²) in [5.74, 6) is 0.763. The van der Waals surface area contributed by atoms with Crippen molar-refractivity contribution in [2.75, 3.05) is 0 Å². The molecule has 1 aromatic heterocycles. The lowest BCUT2D eigenvalue weighted by Gasteiger charge is -2.15. The molecule has 1 aromatic rings. The van der Waals surface area contributed by atoms with Gasteiger partial charge in [-0.1, -0.05) is 6.92 Å². The van der Waals surface area contributed by atoms with Crippen LogP contribution in [0.1, 0.15) is 25.1 Å². The highest BCUT2D eigenvalue weighted by molar-refractivity contribution is 5.05. The zero-order valence-corrected chi connectivity index (χ0v) is 6.66. The summed E-state index contributed by atoms with van der Waals surface area (Å²) < 4.78 is 5.11. The molecule has 0 unspecified atom stereocenters. The van der Waals surface area contributed by atoms with E-state index in [2.05, 4.69) is 0 Å². The predicted octanol–water partition coefficient (Wildman–Crippen LogP) is 1.02. The van der Waals surface area contributed by atoms with Gasteiger partial charge in [0.05, 0.1) is 12.3 Å². The van der Waals surface area contributed by atoms with Crippen LogP contribution < -0.4 is 11.5 Å². The van der Waals surface area contributed by atoms with Gasteiger partial charge < -0.3 is 15.9 Å². The van der Waals surface area contributed by atoms with Crippen LogP contribution >= 0.6 is 0 Å². The van der Waals surface area contributed by atoms with E-state index in [1.165, 1.54) is 0 Å². The third-order valence-electron chi connectivity index (χ3n) is 1.80. The van der Waals surface area contributed by atoms with Crippen LogP contribution in [0.15, 0.2) is 22.8 Å². The summed E-state index contributed by atoms with van der Waals surface area (Å²) in [6.07, 6.45) is 2.47. The Labute approximate surface area is 66.4 Å². The van der Waals surface area contributed by atoms with Gasteiger partial charge in [0.1, 0.15) is 5.76 Å². The second-order valence-corrected chi connectivity index (χ2v) is 2.61. The summed E-state index contributed by atoms with van der Waals surface area (Å²) in [6, 6.07) is 3.48. The van der Waals surface area contributed by atoms with Crippen molar-refractivity contribution in [3.05, 3.63) is 24.2 Å². The standard InChI is InChI=1S/C8H14N2O/c1-2-6(9)8(10)7-4-3-5-11-7/h3-6,8H,2,9-10H2,1H3/t6-,8+/m0/s1. The Bertz CT molecular complexity index is 196. The van der Waals surface area contributed by atoms with Gasteiger partial charge in [0.25, 0.3) is 0 Å². The van der Waals surface area contributed by atoms with Gasteiger partial charge in [-0.05, 0) is 18.6 Å². The molecular weight excluding hydrogens is 140 g/mol. The highest BCUT2D eigenvalue weighted by Gasteiger charge is 2.15. The maximum Gasteiger partial charge on any atom is 0.122 e. The fourth-order valence-corrected chi connectivity index (χ4v) is 0.946. The van der Waals surface area contributed by atoms with E-state index in [4.69, 9.17) is 15.9 Å². The molecule has 2 atom stereocenters. The summed E-state index contributed by atoms with van der Waals surface area (Å²) in [7, 11) is 0. The predicted molar refractivity (Wildman–Crippen MR) is 43.9 cm³/mol. The quantitative estimate of drug-likeness (QED) is 0.683. The third-order valence-corrected chi connectivity index (χ3v) is 1.80. The minimum atomic E-state index is -0.171. The van der Waals surface area contributed by atoms with Crippen molar-refractivity contribution in [3.8, 4) is 0 Å². The first-order valence-electron chi connectivity index (χ1n) is 3.80. The number of rotatable bonds is 3. The monoisotopic (exact) mass is 154 g/mol. The first kappa shape index (κ1) is 8.30. The Hall–Kier alpha value is -0.800. The van der Waals surface area contributed by atoms with Crippen LogP contribution in [0.25, 0.3) is 0 Å². The van der Waals surface area contributed by atoms with E-state index in [9.17, 15) is 0 Å². The van der Waals surface area contributed by atoms with Gasteiger partial charge in [-0.15, -0.1) is 0 Å². The molecule has 3 heteroatoms. The minimum Gasteiger partial charge on any atom is -0.468 e. The molecule has 0 radical (unpaired) electrons. The number of hydrogen-bond acceptors (Lipinski definition) is 3. The summed E-state index contributed by atoms with van der Waals surface area (Å²) in [5.41, 5.74) is 11.5. The van der Waals surface area contributed by atoms with Crippen molar-refractivity contribution in [2.45, 2.75) is 25.4 Å².